The number of guanidine groups is 1. The fraction of sp³-hybridized carbons (Fsp3) is 0.789. The third-order valence-electron chi connectivity index (χ3n) is 5.94. The van der Waals surface area contributed by atoms with Gasteiger partial charge in [-0.3, -0.25) is 4.99 Å². The molecule has 3 unspecified atom stereocenters. The Kier molecular flexibility index (Phi) is 8.66. The molecule has 7 heteroatoms. The van der Waals surface area contributed by atoms with Crippen molar-refractivity contribution in [2.45, 2.75) is 39.2 Å². The second-order valence-electron chi connectivity index (χ2n) is 7.62. The predicted octanol–water partition coefficient (Wildman–Crippen LogP) is 2.69. The lowest BCUT2D eigenvalue weighted by Gasteiger charge is -2.40. The summed E-state index contributed by atoms with van der Waals surface area (Å²) in [6, 6.07) is 0.472. The molecule has 0 aromatic carbocycles. The first-order valence-electron chi connectivity index (χ1n) is 9.86. The van der Waals surface area contributed by atoms with Crippen LogP contribution in [0.25, 0.3) is 0 Å². The lowest BCUT2D eigenvalue weighted by atomic mass is 9.93. The summed E-state index contributed by atoms with van der Waals surface area (Å²) in [6.07, 6.45) is 9.75. The number of nitrogens with zero attached hydrogens (tertiary/aromatic N) is 5. The molecule has 2 fully saturated rings. The molecule has 2 saturated heterocycles. The molecule has 26 heavy (non-hydrogen) atoms. The van der Waals surface area contributed by atoms with E-state index in [4.69, 9.17) is 0 Å². The van der Waals surface area contributed by atoms with Gasteiger partial charge in [-0.2, -0.15) is 0 Å². The second kappa shape index (κ2) is 10.5. The van der Waals surface area contributed by atoms with Gasteiger partial charge >= 0.3 is 0 Å². The molecule has 1 N–H and O–H groups in total. The maximum Gasteiger partial charge on any atom is 0.193 e. The van der Waals surface area contributed by atoms with E-state index in [0.29, 0.717) is 12.0 Å². The SMILES string of the molecule is CCN1CCCC(CNC(=NC)N2CCC(C)C(n3ccnc3)C2)C1.I. The zero-order chi connectivity index (χ0) is 17.6. The smallest absolute Gasteiger partial charge is 0.193 e. The molecular formula is C19H35IN6. The van der Waals surface area contributed by atoms with Gasteiger partial charge < -0.3 is 19.7 Å². The summed E-state index contributed by atoms with van der Waals surface area (Å²) in [5.74, 6) is 2.46. The molecule has 6 nitrogen and oxygen atoms in total. The molecule has 1 aromatic rings. The highest BCUT2D eigenvalue weighted by Crippen LogP contribution is 2.27. The highest BCUT2D eigenvalue weighted by Gasteiger charge is 2.29. The Morgan fingerprint density at radius 1 is 1.27 bits per heavy atom. The first kappa shape index (κ1) is 21.5. The minimum atomic E-state index is 0. The molecule has 3 atom stereocenters. The van der Waals surface area contributed by atoms with Gasteiger partial charge in [-0.15, -0.1) is 24.0 Å². The first-order valence-corrected chi connectivity index (χ1v) is 9.86. The van der Waals surface area contributed by atoms with Crippen LogP contribution in [0.1, 0.15) is 39.2 Å². The van der Waals surface area contributed by atoms with Gasteiger partial charge in [-0.25, -0.2) is 4.98 Å². The van der Waals surface area contributed by atoms with Gasteiger partial charge in [0.2, 0.25) is 0 Å². The van der Waals surface area contributed by atoms with Crippen molar-refractivity contribution in [3.05, 3.63) is 18.7 Å². The van der Waals surface area contributed by atoms with Crippen molar-refractivity contribution in [3.8, 4) is 0 Å². The Labute approximate surface area is 175 Å². The van der Waals surface area contributed by atoms with Crippen molar-refractivity contribution in [1.82, 2.24) is 24.7 Å². The van der Waals surface area contributed by atoms with Crippen LogP contribution in [0.15, 0.2) is 23.7 Å². The van der Waals surface area contributed by atoms with Crippen molar-refractivity contribution < 1.29 is 0 Å². The van der Waals surface area contributed by atoms with Crippen LogP contribution < -0.4 is 5.32 Å². The average Bonchev–Trinajstić information content (AvgIpc) is 3.18. The van der Waals surface area contributed by atoms with Crippen molar-refractivity contribution in [2.24, 2.45) is 16.8 Å². The van der Waals surface area contributed by atoms with Crippen LogP contribution >= 0.6 is 24.0 Å². The molecule has 0 radical (unpaired) electrons. The molecule has 3 rings (SSSR count). The summed E-state index contributed by atoms with van der Waals surface area (Å²) in [7, 11) is 1.91. The first-order chi connectivity index (χ1) is 12.2. The third-order valence-corrected chi connectivity index (χ3v) is 5.94. The van der Waals surface area contributed by atoms with Gasteiger partial charge in [0, 0.05) is 45.6 Å². The van der Waals surface area contributed by atoms with Crippen LogP contribution in [0, 0.1) is 11.8 Å². The number of hydrogen-bond acceptors (Lipinski definition) is 3. The second-order valence-corrected chi connectivity index (χ2v) is 7.62. The number of rotatable bonds is 4. The quantitative estimate of drug-likeness (QED) is 0.414. The van der Waals surface area contributed by atoms with Crippen LogP contribution in [-0.4, -0.2) is 71.6 Å². The monoisotopic (exact) mass is 474 g/mol. The number of likely N-dealkylation sites (tertiary alicyclic amines) is 2. The summed E-state index contributed by atoms with van der Waals surface area (Å²) < 4.78 is 2.25. The van der Waals surface area contributed by atoms with Crippen LogP contribution in [-0.2, 0) is 0 Å². The van der Waals surface area contributed by atoms with Crippen LogP contribution in [0.4, 0.5) is 0 Å². The summed E-state index contributed by atoms with van der Waals surface area (Å²) in [5, 5.41) is 3.66. The van der Waals surface area contributed by atoms with Gasteiger partial charge in [-0.05, 0) is 44.2 Å². The van der Waals surface area contributed by atoms with E-state index in [2.05, 4.69) is 49.7 Å². The Bertz CT molecular complexity index is 546. The molecular weight excluding hydrogens is 439 g/mol. The summed E-state index contributed by atoms with van der Waals surface area (Å²) in [4.78, 5) is 13.8. The largest absolute Gasteiger partial charge is 0.356 e. The molecule has 2 aliphatic rings. The number of hydrogen-bond donors (Lipinski definition) is 1. The van der Waals surface area contributed by atoms with Crippen molar-refractivity contribution in [3.63, 3.8) is 0 Å². The fourth-order valence-corrected chi connectivity index (χ4v) is 4.27. The fourth-order valence-electron chi connectivity index (χ4n) is 4.27. The lowest BCUT2D eigenvalue weighted by molar-refractivity contribution is 0.175. The number of piperidine rings is 2. The Morgan fingerprint density at radius 2 is 2.12 bits per heavy atom. The Morgan fingerprint density at radius 3 is 2.81 bits per heavy atom. The molecule has 0 amide bonds. The minimum Gasteiger partial charge on any atom is -0.356 e. The molecule has 0 bridgehead atoms. The molecule has 0 saturated carbocycles. The van der Waals surface area contributed by atoms with Crippen LogP contribution in [0.5, 0.6) is 0 Å². The van der Waals surface area contributed by atoms with E-state index in [1.807, 2.05) is 19.6 Å². The average molecular weight is 474 g/mol. The highest BCUT2D eigenvalue weighted by molar-refractivity contribution is 14.0. The third kappa shape index (κ3) is 5.34. The van der Waals surface area contributed by atoms with E-state index in [-0.39, 0.29) is 24.0 Å². The summed E-state index contributed by atoms with van der Waals surface area (Å²) in [5.41, 5.74) is 0. The van der Waals surface area contributed by atoms with E-state index in [0.717, 1.165) is 31.5 Å². The maximum atomic E-state index is 4.57. The molecule has 2 aliphatic heterocycles. The number of nitrogens with one attached hydrogen (secondary N) is 1. The highest BCUT2D eigenvalue weighted by atomic mass is 127. The van der Waals surface area contributed by atoms with Gasteiger partial charge in [-0.1, -0.05) is 13.8 Å². The van der Waals surface area contributed by atoms with Crippen LogP contribution in [0.2, 0.25) is 0 Å². The standard InChI is InChI=1S/C19H34N6.HI/c1-4-23-9-5-6-17(13-23)12-22-19(20-3)24-10-7-16(2)18(14-24)25-11-8-21-15-25;/h8,11,15-18H,4-7,9-10,12-14H2,1-3H3,(H,20,22);1H. The summed E-state index contributed by atoms with van der Waals surface area (Å²) in [6.45, 7) is 11.4. The lowest BCUT2D eigenvalue weighted by Crippen LogP contribution is -2.50. The van der Waals surface area contributed by atoms with Gasteiger partial charge in [0.15, 0.2) is 5.96 Å². The number of aromatic nitrogens is 2. The van der Waals surface area contributed by atoms with Crippen molar-refractivity contribution in [1.29, 1.82) is 0 Å². The molecule has 0 spiro atoms. The topological polar surface area (TPSA) is 48.7 Å². The maximum absolute atomic E-state index is 4.57. The normalized spacial score (nSPS) is 27.9. The van der Waals surface area contributed by atoms with E-state index in [9.17, 15) is 0 Å². The van der Waals surface area contributed by atoms with Gasteiger partial charge in [0.05, 0.1) is 12.4 Å². The van der Waals surface area contributed by atoms with E-state index in [1.165, 1.54) is 38.9 Å². The predicted molar refractivity (Wildman–Crippen MR) is 118 cm³/mol. The zero-order valence-corrected chi connectivity index (χ0v) is 18.8. The van der Waals surface area contributed by atoms with Crippen LogP contribution in [0.3, 0.4) is 0 Å². The number of aliphatic imine (C=N–C) groups is 1. The Balaban J connectivity index is 0.00000243. The minimum absolute atomic E-state index is 0. The Hall–Kier alpha value is -0.830. The van der Waals surface area contributed by atoms with E-state index in [1.54, 1.807) is 0 Å². The zero-order valence-electron chi connectivity index (χ0n) is 16.5. The summed E-state index contributed by atoms with van der Waals surface area (Å²) >= 11 is 0. The molecule has 1 aromatic heterocycles. The molecule has 3 heterocycles. The molecule has 0 aliphatic carbocycles. The van der Waals surface area contributed by atoms with E-state index < -0.39 is 0 Å². The van der Waals surface area contributed by atoms with Gasteiger partial charge in [0.25, 0.3) is 0 Å². The number of imidazole rings is 1. The molecule has 148 valence electrons. The van der Waals surface area contributed by atoms with Gasteiger partial charge in [0.1, 0.15) is 0 Å². The van der Waals surface area contributed by atoms with E-state index >= 15 is 0 Å². The number of halogens is 1. The van der Waals surface area contributed by atoms with Crippen molar-refractivity contribution in [2.75, 3.05) is 46.3 Å². The van der Waals surface area contributed by atoms with Crippen molar-refractivity contribution >= 4 is 29.9 Å².